The lowest BCUT2D eigenvalue weighted by Gasteiger charge is -2.06. The van der Waals surface area contributed by atoms with Crippen LogP contribution in [-0.2, 0) is 19.1 Å². The molecule has 0 saturated carbocycles. The molecule has 0 spiro atoms. The van der Waals surface area contributed by atoms with Gasteiger partial charge in [0.15, 0.2) is 0 Å². The molecule has 40 heavy (non-hydrogen) atoms. The third-order valence-electron chi connectivity index (χ3n) is 8.03. The van der Waals surface area contributed by atoms with E-state index < -0.39 is 0 Å². The SMILES string of the molecule is CCCCCCCCCCCCOC(=O)CCCCCCCCCCC(=O)OCCCCCCCCCCCC. The zero-order valence-electron chi connectivity index (χ0n) is 27.3. The van der Waals surface area contributed by atoms with Gasteiger partial charge >= 0.3 is 11.9 Å². The van der Waals surface area contributed by atoms with E-state index in [1.165, 1.54) is 141 Å². The smallest absolute Gasteiger partial charge is 0.305 e. The molecule has 0 heterocycles. The van der Waals surface area contributed by atoms with Crippen LogP contribution in [0.4, 0.5) is 0 Å². The summed E-state index contributed by atoms with van der Waals surface area (Å²) < 4.78 is 10.8. The van der Waals surface area contributed by atoms with E-state index in [0.717, 1.165) is 38.5 Å². The van der Waals surface area contributed by atoms with Gasteiger partial charge in [-0.05, 0) is 25.7 Å². The molecule has 0 aliphatic carbocycles. The summed E-state index contributed by atoms with van der Waals surface area (Å²) in [6.07, 6.45) is 36.1. The lowest BCUT2D eigenvalue weighted by molar-refractivity contribution is -0.144. The van der Waals surface area contributed by atoms with Crippen molar-refractivity contribution in [3.8, 4) is 0 Å². The van der Waals surface area contributed by atoms with Crippen LogP contribution in [0.2, 0.25) is 0 Å². The fourth-order valence-electron chi connectivity index (χ4n) is 5.29. The first-order valence-electron chi connectivity index (χ1n) is 18.0. The molecule has 4 nitrogen and oxygen atoms in total. The minimum Gasteiger partial charge on any atom is -0.466 e. The number of carbonyl (C=O) groups is 2. The second-order valence-corrected chi connectivity index (χ2v) is 12.1. The van der Waals surface area contributed by atoms with Gasteiger partial charge in [0.25, 0.3) is 0 Å². The van der Waals surface area contributed by atoms with Crippen molar-refractivity contribution in [3.05, 3.63) is 0 Å². The Balaban J connectivity index is 3.23. The van der Waals surface area contributed by atoms with Gasteiger partial charge in [-0.2, -0.15) is 0 Å². The van der Waals surface area contributed by atoms with Gasteiger partial charge in [-0.15, -0.1) is 0 Å². The van der Waals surface area contributed by atoms with E-state index in [1.807, 2.05) is 0 Å². The van der Waals surface area contributed by atoms with Gasteiger partial charge in [0, 0.05) is 12.8 Å². The maximum atomic E-state index is 11.9. The molecular weight excluding hydrogens is 496 g/mol. The van der Waals surface area contributed by atoms with E-state index in [9.17, 15) is 9.59 Å². The van der Waals surface area contributed by atoms with Crippen molar-refractivity contribution in [2.24, 2.45) is 0 Å². The van der Waals surface area contributed by atoms with Crippen LogP contribution in [0, 0.1) is 0 Å². The molecule has 0 bridgehead atoms. The van der Waals surface area contributed by atoms with Crippen LogP contribution in [-0.4, -0.2) is 25.2 Å². The molecule has 4 heteroatoms. The van der Waals surface area contributed by atoms with Crippen molar-refractivity contribution < 1.29 is 19.1 Å². The summed E-state index contributed by atoms with van der Waals surface area (Å²) in [4.78, 5) is 23.8. The molecule has 0 unspecified atom stereocenters. The van der Waals surface area contributed by atoms with Gasteiger partial charge in [-0.3, -0.25) is 9.59 Å². The van der Waals surface area contributed by atoms with Crippen molar-refractivity contribution in [1.82, 2.24) is 0 Å². The molecule has 0 radical (unpaired) electrons. The highest BCUT2D eigenvalue weighted by Crippen LogP contribution is 2.14. The zero-order chi connectivity index (χ0) is 29.2. The molecular formula is C36H70O4. The monoisotopic (exact) mass is 567 g/mol. The number of unbranched alkanes of at least 4 members (excludes halogenated alkanes) is 25. The molecule has 0 amide bonds. The fraction of sp³-hybridized carbons (Fsp3) is 0.944. The van der Waals surface area contributed by atoms with Gasteiger partial charge in [-0.1, -0.05) is 168 Å². The van der Waals surface area contributed by atoms with Crippen LogP contribution in [0.1, 0.15) is 206 Å². The van der Waals surface area contributed by atoms with E-state index >= 15 is 0 Å². The Hall–Kier alpha value is -1.06. The molecule has 238 valence electrons. The summed E-state index contributed by atoms with van der Waals surface area (Å²) in [5, 5.41) is 0. The quantitative estimate of drug-likeness (QED) is 0.0585. The van der Waals surface area contributed by atoms with Crippen LogP contribution in [0.25, 0.3) is 0 Å². The largest absolute Gasteiger partial charge is 0.466 e. The second kappa shape index (κ2) is 34.1. The lowest BCUT2D eigenvalue weighted by Crippen LogP contribution is -2.05. The van der Waals surface area contributed by atoms with E-state index in [4.69, 9.17) is 9.47 Å². The summed E-state index contributed by atoms with van der Waals surface area (Å²) in [7, 11) is 0. The lowest BCUT2D eigenvalue weighted by atomic mass is 10.1. The van der Waals surface area contributed by atoms with E-state index in [1.54, 1.807) is 0 Å². The maximum absolute atomic E-state index is 11.9. The van der Waals surface area contributed by atoms with Crippen LogP contribution < -0.4 is 0 Å². The predicted octanol–water partition coefficient (Wildman–Crippen LogP) is 11.8. The molecule has 0 atom stereocenters. The van der Waals surface area contributed by atoms with E-state index in [-0.39, 0.29) is 11.9 Å². The number of hydrogen-bond donors (Lipinski definition) is 0. The van der Waals surface area contributed by atoms with E-state index in [0.29, 0.717) is 26.1 Å². The Morgan fingerprint density at radius 3 is 0.825 bits per heavy atom. The highest BCUT2D eigenvalue weighted by molar-refractivity contribution is 5.69. The summed E-state index contributed by atoms with van der Waals surface area (Å²) in [6.45, 7) is 5.73. The number of carbonyl (C=O) groups excluding carboxylic acids is 2. The molecule has 0 rings (SSSR count). The number of rotatable bonds is 33. The molecule has 0 aromatic carbocycles. The van der Waals surface area contributed by atoms with Gasteiger partial charge in [0.1, 0.15) is 0 Å². The first-order valence-corrected chi connectivity index (χ1v) is 18.0. The first kappa shape index (κ1) is 38.9. The molecule has 0 aromatic rings. The van der Waals surface area contributed by atoms with Crippen LogP contribution >= 0.6 is 0 Å². The first-order chi connectivity index (χ1) is 19.7. The number of esters is 2. The minimum atomic E-state index is -0.0176. The predicted molar refractivity (Wildman–Crippen MR) is 172 cm³/mol. The molecule has 0 aliphatic heterocycles. The molecule has 0 N–H and O–H groups in total. The van der Waals surface area contributed by atoms with Crippen LogP contribution in [0.3, 0.4) is 0 Å². The summed E-state index contributed by atoms with van der Waals surface area (Å²) in [5.74, 6) is -0.0352. The van der Waals surface area contributed by atoms with Crippen molar-refractivity contribution in [2.45, 2.75) is 206 Å². The highest BCUT2D eigenvalue weighted by Gasteiger charge is 2.04. The van der Waals surface area contributed by atoms with Crippen molar-refractivity contribution in [2.75, 3.05) is 13.2 Å². The molecule has 0 aliphatic rings. The maximum Gasteiger partial charge on any atom is 0.305 e. The number of ether oxygens (including phenoxy) is 2. The Morgan fingerprint density at radius 1 is 0.325 bits per heavy atom. The topological polar surface area (TPSA) is 52.6 Å². The Morgan fingerprint density at radius 2 is 0.550 bits per heavy atom. The van der Waals surface area contributed by atoms with Crippen LogP contribution in [0.15, 0.2) is 0 Å². The molecule has 0 fully saturated rings. The average molecular weight is 567 g/mol. The summed E-state index contributed by atoms with van der Waals surface area (Å²) in [6, 6.07) is 0. The van der Waals surface area contributed by atoms with Gasteiger partial charge in [0.2, 0.25) is 0 Å². The van der Waals surface area contributed by atoms with Crippen molar-refractivity contribution in [1.29, 1.82) is 0 Å². The third kappa shape index (κ3) is 33.1. The van der Waals surface area contributed by atoms with Gasteiger partial charge in [0.05, 0.1) is 13.2 Å². The number of hydrogen-bond acceptors (Lipinski definition) is 4. The van der Waals surface area contributed by atoms with Crippen molar-refractivity contribution in [3.63, 3.8) is 0 Å². The summed E-state index contributed by atoms with van der Waals surface area (Å²) in [5.41, 5.74) is 0. The van der Waals surface area contributed by atoms with Crippen LogP contribution in [0.5, 0.6) is 0 Å². The standard InChI is InChI=1S/C36H70O4/c1-3-5-7-9-11-13-17-21-25-29-33-39-35(37)31-27-23-19-15-16-20-24-28-32-36(38)40-34-30-26-22-18-14-12-10-8-6-4-2/h3-34H2,1-2H3. The zero-order valence-corrected chi connectivity index (χ0v) is 27.3. The van der Waals surface area contributed by atoms with Gasteiger partial charge in [-0.25, -0.2) is 0 Å². The second-order valence-electron chi connectivity index (χ2n) is 12.1. The fourth-order valence-corrected chi connectivity index (χ4v) is 5.29. The Bertz CT molecular complexity index is 473. The molecule has 0 saturated heterocycles. The highest BCUT2D eigenvalue weighted by atomic mass is 16.5. The molecule has 0 aromatic heterocycles. The Kier molecular flexibility index (Phi) is 33.2. The average Bonchev–Trinajstić information content (AvgIpc) is 2.95. The summed E-state index contributed by atoms with van der Waals surface area (Å²) >= 11 is 0. The van der Waals surface area contributed by atoms with Crippen molar-refractivity contribution >= 4 is 11.9 Å². The van der Waals surface area contributed by atoms with Gasteiger partial charge < -0.3 is 9.47 Å². The third-order valence-corrected chi connectivity index (χ3v) is 8.03. The van der Waals surface area contributed by atoms with E-state index in [2.05, 4.69) is 13.8 Å². The Labute approximate surface area is 250 Å². The normalized spacial score (nSPS) is 11.2. The minimum absolute atomic E-state index is 0.0176.